The maximum atomic E-state index is 4.76. The summed E-state index contributed by atoms with van der Waals surface area (Å²) >= 11 is 0. The van der Waals surface area contributed by atoms with Gasteiger partial charge in [0.1, 0.15) is 5.82 Å². The number of piperidine rings is 1. The average molecular weight is 522 g/mol. The van der Waals surface area contributed by atoms with Crippen molar-refractivity contribution < 1.29 is 0 Å². The number of rotatable bonds is 7. The SMILES string of the molecule is CCNC(=NCc1cccc(N(C)C)n1)NC1CCN(Cc2ccccc2)CC1.I. The van der Waals surface area contributed by atoms with E-state index >= 15 is 0 Å². The molecule has 2 N–H and O–H groups in total. The molecule has 0 atom stereocenters. The van der Waals surface area contributed by atoms with Gasteiger partial charge < -0.3 is 15.5 Å². The van der Waals surface area contributed by atoms with Crippen molar-refractivity contribution in [1.29, 1.82) is 0 Å². The summed E-state index contributed by atoms with van der Waals surface area (Å²) in [6.07, 6.45) is 2.26. The van der Waals surface area contributed by atoms with E-state index in [4.69, 9.17) is 4.99 Å². The van der Waals surface area contributed by atoms with Crippen molar-refractivity contribution in [3.05, 3.63) is 59.8 Å². The zero-order valence-corrected chi connectivity index (χ0v) is 20.7. The minimum atomic E-state index is 0. The highest BCUT2D eigenvalue weighted by atomic mass is 127. The third-order valence-electron chi connectivity index (χ3n) is 5.17. The Morgan fingerprint density at radius 2 is 1.83 bits per heavy atom. The summed E-state index contributed by atoms with van der Waals surface area (Å²) in [5.41, 5.74) is 2.37. The normalized spacial score (nSPS) is 15.4. The molecule has 1 saturated heterocycles. The molecule has 1 aliphatic heterocycles. The minimum Gasteiger partial charge on any atom is -0.363 e. The van der Waals surface area contributed by atoms with Crippen molar-refractivity contribution in [3.8, 4) is 0 Å². The molecule has 0 radical (unpaired) electrons. The monoisotopic (exact) mass is 522 g/mol. The second-order valence-electron chi connectivity index (χ2n) is 7.76. The summed E-state index contributed by atoms with van der Waals surface area (Å²) < 4.78 is 0. The van der Waals surface area contributed by atoms with E-state index in [0.717, 1.165) is 56.5 Å². The Kier molecular flexibility index (Phi) is 10.4. The maximum absolute atomic E-state index is 4.76. The van der Waals surface area contributed by atoms with Gasteiger partial charge in [-0.2, -0.15) is 0 Å². The molecule has 0 unspecified atom stereocenters. The second-order valence-corrected chi connectivity index (χ2v) is 7.76. The quantitative estimate of drug-likeness (QED) is 0.332. The van der Waals surface area contributed by atoms with Crippen LogP contribution in [0.1, 0.15) is 31.0 Å². The number of benzene rings is 1. The van der Waals surface area contributed by atoms with E-state index in [9.17, 15) is 0 Å². The second kappa shape index (κ2) is 12.7. The molecule has 0 aliphatic carbocycles. The lowest BCUT2D eigenvalue weighted by Gasteiger charge is -2.33. The van der Waals surface area contributed by atoms with E-state index in [1.54, 1.807) is 0 Å². The number of likely N-dealkylation sites (tertiary alicyclic amines) is 1. The van der Waals surface area contributed by atoms with Crippen LogP contribution in [0.2, 0.25) is 0 Å². The van der Waals surface area contributed by atoms with Gasteiger partial charge >= 0.3 is 0 Å². The molecule has 1 aliphatic rings. The smallest absolute Gasteiger partial charge is 0.191 e. The van der Waals surface area contributed by atoms with Crippen LogP contribution in [0.25, 0.3) is 0 Å². The molecule has 7 heteroatoms. The van der Waals surface area contributed by atoms with Gasteiger partial charge in [0.25, 0.3) is 0 Å². The molecule has 3 rings (SSSR count). The van der Waals surface area contributed by atoms with Gasteiger partial charge in [-0.3, -0.25) is 4.90 Å². The number of hydrogen-bond acceptors (Lipinski definition) is 4. The highest BCUT2D eigenvalue weighted by Gasteiger charge is 2.20. The average Bonchev–Trinajstić information content (AvgIpc) is 2.74. The first-order valence-corrected chi connectivity index (χ1v) is 10.6. The van der Waals surface area contributed by atoms with Crippen molar-refractivity contribution >= 4 is 35.8 Å². The van der Waals surface area contributed by atoms with Crippen LogP contribution in [-0.4, -0.2) is 55.6 Å². The number of nitrogens with zero attached hydrogens (tertiary/aromatic N) is 4. The first kappa shape index (κ1) is 24.4. The van der Waals surface area contributed by atoms with E-state index < -0.39 is 0 Å². The molecule has 0 amide bonds. The molecular weight excluding hydrogens is 487 g/mol. The highest BCUT2D eigenvalue weighted by Crippen LogP contribution is 2.14. The fourth-order valence-electron chi connectivity index (χ4n) is 3.55. The van der Waals surface area contributed by atoms with Crippen molar-refractivity contribution in [2.75, 3.05) is 38.6 Å². The number of aromatic nitrogens is 1. The van der Waals surface area contributed by atoms with Crippen molar-refractivity contribution in [3.63, 3.8) is 0 Å². The Hall–Kier alpha value is -1.87. The largest absolute Gasteiger partial charge is 0.363 e. The molecule has 30 heavy (non-hydrogen) atoms. The van der Waals surface area contributed by atoms with Crippen LogP contribution in [0.15, 0.2) is 53.5 Å². The van der Waals surface area contributed by atoms with Crippen LogP contribution in [0.4, 0.5) is 5.82 Å². The third kappa shape index (κ3) is 7.75. The summed E-state index contributed by atoms with van der Waals surface area (Å²) in [5.74, 6) is 1.84. The van der Waals surface area contributed by atoms with Crippen molar-refractivity contribution in [2.45, 2.75) is 38.9 Å². The third-order valence-corrected chi connectivity index (χ3v) is 5.17. The molecule has 2 heterocycles. The van der Waals surface area contributed by atoms with Gasteiger partial charge in [0, 0.05) is 46.3 Å². The van der Waals surface area contributed by atoms with Gasteiger partial charge in [0.15, 0.2) is 5.96 Å². The van der Waals surface area contributed by atoms with E-state index in [1.807, 2.05) is 37.2 Å². The molecule has 0 bridgehead atoms. The maximum Gasteiger partial charge on any atom is 0.191 e. The Morgan fingerprint density at radius 1 is 1.10 bits per heavy atom. The summed E-state index contributed by atoms with van der Waals surface area (Å²) in [5, 5.41) is 7.00. The molecule has 1 aromatic carbocycles. The number of aliphatic imine (C=N–C) groups is 1. The standard InChI is InChI=1S/C23H34N6.HI/c1-4-24-23(25-17-21-11-8-12-22(26-21)28(2)3)27-20-13-15-29(16-14-20)18-19-9-6-5-7-10-19;/h5-12,20H,4,13-18H2,1-3H3,(H2,24,25,27);1H. The van der Waals surface area contributed by atoms with Crippen molar-refractivity contribution in [1.82, 2.24) is 20.5 Å². The highest BCUT2D eigenvalue weighted by molar-refractivity contribution is 14.0. The fraction of sp³-hybridized carbons (Fsp3) is 0.478. The van der Waals surface area contributed by atoms with E-state index in [1.165, 1.54) is 5.56 Å². The van der Waals surface area contributed by atoms with Gasteiger partial charge in [-0.05, 0) is 37.5 Å². The predicted molar refractivity (Wildman–Crippen MR) is 137 cm³/mol. The van der Waals surface area contributed by atoms with Crippen molar-refractivity contribution in [2.24, 2.45) is 4.99 Å². The van der Waals surface area contributed by atoms with E-state index in [-0.39, 0.29) is 24.0 Å². The zero-order valence-electron chi connectivity index (χ0n) is 18.3. The minimum absolute atomic E-state index is 0. The topological polar surface area (TPSA) is 55.8 Å². The lowest BCUT2D eigenvalue weighted by molar-refractivity contribution is 0.198. The van der Waals surface area contributed by atoms with Crippen LogP contribution in [0.5, 0.6) is 0 Å². The van der Waals surface area contributed by atoms with Crippen LogP contribution < -0.4 is 15.5 Å². The first-order valence-electron chi connectivity index (χ1n) is 10.6. The molecule has 164 valence electrons. The Bertz CT molecular complexity index is 772. The van der Waals surface area contributed by atoms with Crippen LogP contribution in [0, 0.1) is 0 Å². The van der Waals surface area contributed by atoms with Crippen LogP contribution >= 0.6 is 24.0 Å². The molecule has 1 fully saturated rings. The number of nitrogens with one attached hydrogen (secondary N) is 2. The number of pyridine rings is 1. The Morgan fingerprint density at radius 3 is 2.50 bits per heavy atom. The summed E-state index contributed by atoms with van der Waals surface area (Å²) in [7, 11) is 4.01. The molecule has 0 saturated carbocycles. The lowest BCUT2D eigenvalue weighted by Crippen LogP contribution is -2.48. The lowest BCUT2D eigenvalue weighted by atomic mass is 10.0. The molecular formula is C23H35IN6. The van der Waals surface area contributed by atoms with E-state index in [0.29, 0.717) is 12.6 Å². The van der Waals surface area contributed by atoms with Gasteiger partial charge in [-0.1, -0.05) is 36.4 Å². The summed E-state index contributed by atoms with van der Waals surface area (Å²) in [6, 6.07) is 17.3. The van der Waals surface area contributed by atoms with Gasteiger partial charge in [-0.25, -0.2) is 9.98 Å². The number of guanidine groups is 1. The zero-order chi connectivity index (χ0) is 20.5. The first-order chi connectivity index (χ1) is 14.1. The molecule has 2 aromatic rings. The van der Waals surface area contributed by atoms with E-state index in [2.05, 4.69) is 57.8 Å². The molecule has 6 nitrogen and oxygen atoms in total. The predicted octanol–water partition coefficient (Wildman–Crippen LogP) is 3.49. The van der Waals surface area contributed by atoms with Gasteiger partial charge in [0.2, 0.25) is 0 Å². The summed E-state index contributed by atoms with van der Waals surface area (Å²) in [6.45, 7) is 6.78. The number of halogens is 1. The number of hydrogen-bond donors (Lipinski definition) is 2. The number of anilines is 1. The van der Waals surface area contributed by atoms with Crippen LogP contribution in [-0.2, 0) is 13.1 Å². The van der Waals surface area contributed by atoms with Gasteiger partial charge in [-0.15, -0.1) is 24.0 Å². The Labute approximate surface area is 198 Å². The summed E-state index contributed by atoms with van der Waals surface area (Å²) in [4.78, 5) is 14.0. The molecule has 0 spiro atoms. The van der Waals surface area contributed by atoms with Crippen LogP contribution in [0.3, 0.4) is 0 Å². The fourth-order valence-corrected chi connectivity index (χ4v) is 3.55. The Balaban J connectivity index is 0.00000320. The molecule has 1 aromatic heterocycles. The van der Waals surface area contributed by atoms with Gasteiger partial charge in [0.05, 0.1) is 12.2 Å².